The van der Waals surface area contributed by atoms with Crippen LogP contribution in [0, 0.1) is 12.8 Å². The molecule has 164 valence electrons. The lowest BCUT2D eigenvalue weighted by Crippen LogP contribution is -2.39. The van der Waals surface area contributed by atoms with Gasteiger partial charge in [0.15, 0.2) is 5.16 Å². The van der Waals surface area contributed by atoms with Crippen LogP contribution in [0.5, 0.6) is 0 Å². The third-order valence-corrected chi connectivity index (χ3v) is 8.30. The number of aromatic nitrogens is 2. The molecule has 2 saturated heterocycles. The van der Waals surface area contributed by atoms with Crippen LogP contribution >= 0.6 is 23.1 Å². The van der Waals surface area contributed by atoms with Crippen molar-refractivity contribution in [2.45, 2.75) is 70.7 Å². The van der Waals surface area contributed by atoms with Crippen molar-refractivity contribution in [3.05, 3.63) is 20.8 Å². The van der Waals surface area contributed by atoms with E-state index in [0.29, 0.717) is 23.4 Å². The summed E-state index contributed by atoms with van der Waals surface area (Å²) < 4.78 is 7.57. The highest BCUT2D eigenvalue weighted by atomic mass is 32.2. The van der Waals surface area contributed by atoms with E-state index in [9.17, 15) is 9.59 Å². The molecule has 0 aliphatic carbocycles. The summed E-state index contributed by atoms with van der Waals surface area (Å²) in [4.78, 5) is 35.0. The predicted molar refractivity (Wildman–Crippen MR) is 123 cm³/mol. The van der Waals surface area contributed by atoms with E-state index in [1.807, 2.05) is 4.90 Å². The molecule has 4 heterocycles. The number of thiophene rings is 1. The van der Waals surface area contributed by atoms with Gasteiger partial charge in [-0.3, -0.25) is 14.2 Å². The Morgan fingerprint density at radius 2 is 2.07 bits per heavy atom. The van der Waals surface area contributed by atoms with Crippen molar-refractivity contribution in [1.29, 1.82) is 0 Å². The Bertz CT molecular complexity index is 970. The van der Waals surface area contributed by atoms with E-state index in [0.717, 1.165) is 72.5 Å². The number of hydrogen-bond donors (Lipinski definition) is 0. The second-order valence-corrected chi connectivity index (χ2v) is 10.6. The molecule has 2 aliphatic rings. The Hall–Kier alpha value is -1.38. The minimum Gasteiger partial charge on any atom is -0.376 e. The van der Waals surface area contributed by atoms with Crippen LogP contribution in [0.25, 0.3) is 10.2 Å². The lowest BCUT2D eigenvalue weighted by atomic mass is 9.99. The van der Waals surface area contributed by atoms with E-state index >= 15 is 0 Å². The van der Waals surface area contributed by atoms with Gasteiger partial charge in [-0.1, -0.05) is 25.6 Å². The van der Waals surface area contributed by atoms with Gasteiger partial charge in [-0.15, -0.1) is 11.3 Å². The van der Waals surface area contributed by atoms with Gasteiger partial charge in [-0.2, -0.15) is 0 Å². The monoisotopic (exact) mass is 449 g/mol. The molecule has 0 N–H and O–H groups in total. The number of carbonyl (C=O) groups is 1. The van der Waals surface area contributed by atoms with E-state index in [4.69, 9.17) is 9.72 Å². The third kappa shape index (κ3) is 4.46. The number of thioether (sulfide) groups is 1. The molecular formula is C22H31N3O3S2. The van der Waals surface area contributed by atoms with Crippen molar-refractivity contribution in [3.8, 4) is 0 Å². The van der Waals surface area contributed by atoms with Crippen molar-refractivity contribution >= 4 is 39.2 Å². The van der Waals surface area contributed by atoms with Gasteiger partial charge in [0.25, 0.3) is 5.56 Å². The zero-order chi connectivity index (χ0) is 21.3. The minimum absolute atomic E-state index is 0.0125. The maximum atomic E-state index is 13.5. The Morgan fingerprint density at radius 1 is 1.30 bits per heavy atom. The summed E-state index contributed by atoms with van der Waals surface area (Å²) in [5.41, 5.74) is 1.11. The number of rotatable bonds is 6. The normalized spacial score (nSPS) is 20.4. The van der Waals surface area contributed by atoms with Crippen LogP contribution in [0.1, 0.15) is 50.0 Å². The number of aryl methyl sites for hydroxylation is 2. The molecule has 0 bridgehead atoms. The molecule has 1 atom stereocenters. The Labute approximate surface area is 186 Å². The molecule has 2 aromatic heterocycles. The van der Waals surface area contributed by atoms with E-state index in [-0.39, 0.29) is 17.6 Å². The lowest BCUT2D eigenvalue weighted by molar-refractivity contribution is -0.129. The third-order valence-electron chi connectivity index (χ3n) is 6.30. The number of hydrogen-bond acceptors (Lipinski definition) is 6. The molecule has 1 unspecified atom stereocenters. The van der Waals surface area contributed by atoms with Gasteiger partial charge in [0.05, 0.1) is 23.8 Å². The van der Waals surface area contributed by atoms with Crippen LogP contribution in [0.4, 0.5) is 0 Å². The molecule has 2 aromatic rings. The molecule has 0 radical (unpaired) electrons. The fraction of sp³-hybridized carbons (Fsp3) is 0.682. The molecule has 6 nitrogen and oxygen atoms in total. The first-order valence-electron chi connectivity index (χ1n) is 11.0. The predicted octanol–water partition coefficient (Wildman–Crippen LogP) is 3.86. The summed E-state index contributed by atoms with van der Waals surface area (Å²) >= 11 is 2.98. The second kappa shape index (κ2) is 9.40. The summed E-state index contributed by atoms with van der Waals surface area (Å²) in [6, 6.07) is 0. The number of piperidine rings is 1. The highest BCUT2D eigenvalue weighted by Crippen LogP contribution is 2.30. The highest BCUT2D eigenvalue weighted by molar-refractivity contribution is 7.99. The second-order valence-electron chi connectivity index (χ2n) is 8.47. The van der Waals surface area contributed by atoms with E-state index < -0.39 is 0 Å². The van der Waals surface area contributed by atoms with E-state index in [1.54, 1.807) is 15.9 Å². The first kappa shape index (κ1) is 21.8. The average Bonchev–Trinajstić information content (AvgIpc) is 3.36. The zero-order valence-corrected chi connectivity index (χ0v) is 19.7. The van der Waals surface area contributed by atoms with Crippen LogP contribution < -0.4 is 5.56 Å². The summed E-state index contributed by atoms with van der Waals surface area (Å²) in [6.07, 6.45) is 4.99. The summed E-state index contributed by atoms with van der Waals surface area (Å²) in [5.74, 6) is 1.15. The van der Waals surface area contributed by atoms with E-state index in [2.05, 4.69) is 20.8 Å². The van der Waals surface area contributed by atoms with Crippen molar-refractivity contribution in [1.82, 2.24) is 14.5 Å². The van der Waals surface area contributed by atoms with Crippen LogP contribution in [0.3, 0.4) is 0 Å². The summed E-state index contributed by atoms with van der Waals surface area (Å²) in [7, 11) is 0. The SMILES string of the molecule is CCc1c(C)sc2nc(SCC(=O)N3CCC(C)CC3)n(CC3CCCO3)c(=O)c12. The van der Waals surface area contributed by atoms with Gasteiger partial charge < -0.3 is 9.64 Å². The van der Waals surface area contributed by atoms with E-state index in [1.165, 1.54) is 11.8 Å². The molecule has 0 aromatic carbocycles. The molecule has 2 aliphatic heterocycles. The Balaban J connectivity index is 1.61. The number of nitrogens with zero attached hydrogens (tertiary/aromatic N) is 3. The topological polar surface area (TPSA) is 64.4 Å². The number of carbonyl (C=O) groups excluding carboxylic acids is 1. The Kier molecular flexibility index (Phi) is 6.85. The fourth-order valence-electron chi connectivity index (χ4n) is 4.40. The molecular weight excluding hydrogens is 418 g/mol. The lowest BCUT2D eigenvalue weighted by Gasteiger charge is -2.30. The number of amides is 1. The van der Waals surface area contributed by atoms with Crippen molar-refractivity contribution in [2.75, 3.05) is 25.4 Å². The molecule has 4 rings (SSSR count). The maximum absolute atomic E-state index is 13.5. The Morgan fingerprint density at radius 3 is 2.73 bits per heavy atom. The molecule has 8 heteroatoms. The van der Waals surface area contributed by atoms with Gasteiger partial charge in [-0.25, -0.2) is 4.98 Å². The van der Waals surface area contributed by atoms with Crippen LogP contribution in [0.15, 0.2) is 9.95 Å². The van der Waals surface area contributed by atoms with Gasteiger partial charge in [0.2, 0.25) is 5.91 Å². The van der Waals surface area contributed by atoms with Gasteiger partial charge >= 0.3 is 0 Å². The number of ether oxygens (including phenoxy) is 1. The first-order chi connectivity index (χ1) is 14.5. The summed E-state index contributed by atoms with van der Waals surface area (Å²) in [6.45, 7) is 9.31. The smallest absolute Gasteiger partial charge is 0.263 e. The van der Waals surface area contributed by atoms with Crippen molar-refractivity contribution in [2.24, 2.45) is 5.92 Å². The average molecular weight is 450 g/mol. The number of fused-ring (bicyclic) bond motifs is 1. The summed E-state index contributed by atoms with van der Waals surface area (Å²) in [5, 5.41) is 1.39. The first-order valence-corrected chi connectivity index (χ1v) is 12.8. The maximum Gasteiger partial charge on any atom is 0.263 e. The van der Waals surface area contributed by atoms with Gasteiger partial charge in [0, 0.05) is 24.6 Å². The standard InChI is InChI=1S/C22H31N3O3S2/c1-4-17-15(3)30-20-19(17)21(27)25(12-16-6-5-11-28-16)22(23-20)29-13-18(26)24-9-7-14(2)8-10-24/h14,16H,4-13H2,1-3H3. The molecule has 0 spiro atoms. The highest BCUT2D eigenvalue weighted by Gasteiger charge is 2.25. The van der Waals surface area contributed by atoms with Gasteiger partial charge in [-0.05, 0) is 50.5 Å². The quantitative estimate of drug-likeness (QED) is 0.495. The van der Waals surface area contributed by atoms with Crippen LogP contribution in [0.2, 0.25) is 0 Å². The van der Waals surface area contributed by atoms with Crippen LogP contribution in [-0.2, 0) is 22.5 Å². The molecule has 1 amide bonds. The number of likely N-dealkylation sites (tertiary alicyclic amines) is 1. The molecule has 0 saturated carbocycles. The van der Waals surface area contributed by atoms with Crippen molar-refractivity contribution in [3.63, 3.8) is 0 Å². The minimum atomic E-state index is 0.0125. The molecule has 30 heavy (non-hydrogen) atoms. The zero-order valence-electron chi connectivity index (χ0n) is 18.1. The van der Waals surface area contributed by atoms with Crippen molar-refractivity contribution < 1.29 is 9.53 Å². The largest absolute Gasteiger partial charge is 0.376 e. The van der Waals surface area contributed by atoms with Crippen LogP contribution in [-0.4, -0.2) is 51.9 Å². The van der Waals surface area contributed by atoms with Gasteiger partial charge in [0.1, 0.15) is 4.83 Å². The molecule has 2 fully saturated rings. The fourth-order valence-corrected chi connectivity index (χ4v) is 6.46.